The lowest BCUT2D eigenvalue weighted by Gasteiger charge is -2.13. The van der Waals surface area contributed by atoms with Crippen LogP contribution in [-0.4, -0.2) is 36.5 Å². The third kappa shape index (κ3) is 3.01. The minimum absolute atomic E-state index is 0.0127. The predicted molar refractivity (Wildman–Crippen MR) is 67.7 cm³/mol. The molecule has 0 spiro atoms. The highest BCUT2D eigenvalue weighted by Crippen LogP contribution is 2.23. The topological polar surface area (TPSA) is 61.4 Å². The van der Waals surface area contributed by atoms with Crippen LogP contribution in [0.15, 0.2) is 16.6 Å². The van der Waals surface area contributed by atoms with E-state index in [0.717, 1.165) is 4.90 Å². The van der Waals surface area contributed by atoms with E-state index in [4.69, 9.17) is 0 Å². The average molecular weight is 334 g/mol. The molecule has 1 fully saturated rings. The molecule has 102 valence electrons. The molecule has 1 aliphatic rings. The molecule has 0 aromatic heterocycles. The zero-order chi connectivity index (χ0) is 14.0. The summed E-state index contributed by atoms with van der Waals surface area (Å²) in [5.41, 5.74) is -0.0127. The standard InChI is InChI=1S/C11H10BrF2N3O2/c12-6-3-9(8(14)4-7(6)13)16-5-10(18)17-2-1-15-11(17)19/h3-4,16H,1-2,5H2,(H,15,19). The molecule has 0 atom stereocenters. The number of carbonyl (C=O) groups excluding carboxylic acids is 2. The smallest absolute Gasteiger partial charge is 0.324 e. The molecule has 1 aliphatic heterocycles. The number of nitrogens with one attached hydrogen (secondary N) is 2. The van der Waals surface area contributed by atoms with Gasteiger partial charge in [0.1, 0.15) is 11.6 Å². The minimum Gasteiger partial charge on any atom is -0.374 e. The second kappa shape index (κ2) is 5.52. The summed E-state index contributed by atoms with van der Waals surface area (Å²) in [6, 6.07) is 1.44. The Bertz CT molecular complexity index is 539. The van der Waals surface area contributed by atoms with Crippen LogP contribution in [0.4, 0.5) is 19.3 Å². The molecule has 5 nitrogen and oxygen atoms in total. The third-order valence-corrected chi connectivity index (χ3v) is 3.21. The van der Waals surface area contributed by atoms with Crippen LogP contribution in [0, 0.1) is 11.6 Å². The van der Waals surface area contributed by atoms with Crippen LogP contribution >= 0.6 is 15.9 Å². The average Bonchev–Trinajstić information content (AvgIpc) is 2.78. The van der Waals surface area contributed by atoms with E-state index in [0.29, 0.717) is 12.6 Å². The van der Waals surface area contributed by atoms with E-state index < -0.39 is 23.6 Å². The Balaban J connectivity index is 2.01. The number of benzene rings is 1. The lowest BCUT2D eigenvalue weighted by atomic mass is 10.3. The van der Waals surface area contributed by atoms with Gasteiger partial charge in [0, 0.05) is 19.2 Å². The van der Waals surface area contributed by atoms with Crippen molar-refractivity contribution < 1.29 is 18.4 Å². The van der Waals surface area contributed by atoms with Crippen molar-refractivity contribution >= 4 is 33.6 Å². The fourth-order valence-electron chi connectivity index (χ4n) is 1.63. The van der Waals surface area contributed by atoms with Crippen molar-refractivity contribution in [3.05, 3.63) is 28.2 Å². The van der Waals surface area contributed by atoms with E-state index in [-0.39, 0.29) is 23.2 Å². The Morgan fingerprint density at radius 1 is 1.42 bits per heavy atom. The summed E-state index contributed by atoms with van der Waals surface area (Å²) in [7, 11) is 0. The van der Waals surface area contributed by atoms with Crippen LogP contribution in [-0.2, 0) is 4.79 Å². The van der Waals surface area contributed by atoms with Gasteiger partial charge >= 0.3 is 6.03 Å². The molecule has 0 unspecified atom stereocenters. The molecular formula is C11H10BrF2N3O2. The van der Waals surface area contributed by atoms with E-state index in [2.05, 4.69) is 26.6 Å². The lowest BCUT2D eigenvalue weighted by Crippen LogP contribution is -2.38. The fourth-order valence-corrected chi connectivity index (χ4v) is 1.98. The first-order chi connectivity index (χ1) is 8.99. The number of urea groups is 1. The summed E-state index contributed by atoms with van der Waals surface area (Å²) >= 11 is 2.92. The van der Waals surface area contributed by atoms with E-state index >= 15 is 0 Å². The molecule has 0 aliphatic carbocycles. The van der Waals surface area contributed by atoms with Crippen molar-refractivity contribution in [1.29, 1.82) is 0 Å². The number of nitrogens with zero attached hydrogens (tertiary/aromatic N) is 1. The van der Waals surface area contributed by atoms with Crippen LogP contribution < -0.4 is 10.6 Å². The molecule has 0 bridgehead atoms. The molecule has 1 aromatic carbocycles. The van der Waals surface area contributed by atoms with Gasteiger partial charge in [0.2, 0.25) is 5.91 Å². The third-order valence-electron chi connectivity index (χ3n) is 2.60. The van der Waals surface area contributed by atoms with Gasteiger partial charge in [-0.25, -0.2) is 13.6 Å². The molecule has 8 heteroatoms. The first kappa shape index (κ1) is 13.7. The molecular weight excluding hydrogens is 324 g/mol. The van der Waals surface area contributed by atoms with Crippen molar-refractivity contribution in [1.82, 2.24) is 10.2 Å². The second-order valence-corrected chi connectivity index (χ2v) is 4.73. The summed E-state index contributed by atoms with van der Waals surface area (Å²) in [4.78, 5) is 23.9. The number of imide groups is 1. The Hall–Kier alpha value is -1.70. The Kier molecular flexibility index (Phi) is 3.98. The normalized spacial score (nSPS) is 14.5. The number of halogens is 3. The van der Waals surface area contributed by atoms with Gasteiger partial charge in [0.05, 0.1) is 16.7 Å². The van der Waals surface area contributed by atoms with Crippen LogP contribution in [0.5, 0.6) is 0 Å². The highest BCUT2D eigenvalue weighted by molar-refractivity contribution is 9.10. The van der Waals surface area contributed by atoms with Crippen LogP contribution in [0.25, 0.3) is 0 Å². The predicted octanol–water partition coefficient (Wildman–Crippen LogP) is 1.69. The maximum absolute atomic E-state index is 13.4. The summed E-state index contributed by atoms with van der Waals surface area (Å²) in [5, 5.41) is 5.02. The quantitative estimate of drug-likeness (QED) is 0.827. The van der Waals surface area contributed by atoms with Gasteiger partial charge < -0.3 is 10.6 Å². The highest BCUT2D eigenvalue weighted by Gasteiger charge is 2.25. The van der Waals surface area contributed by atoms with E-state index in [1.54, 1.807) is 0 Å². The monoisotopic (exact) mass is 333 g/mol. The minimum atomic E-state index is -0.806. The second-order valence-electron chi connectivity index (χ2n) is 3.88. The molecule has 19 heavy (non-hydrogen) atoms. The SMILES string of the molecule is O=C(CNc1cc(Br)c(F)cc1F)N1CCNC1=O. The largest absolute Gasteiger partial charge is 0.374 e. The number of anilines is 1. The molecule has 1 saturated heterocycles. The van der Waals surface area contributed by atoms with Gasteiger partial charge in [-0.15, -0.1) is 0 Å². The van der Waals surface area contributed by atoms with Crippen molar-refractivity contribution in [3.8, 4) is 0 Å². The van der Waals surface area contributed by atoms with Gasteiger partial charge in [0.15, 0.2) is 0 Å². The summed E-state index contributed by atoms with van der Waals surface area (Å²) in [5.74, 6) is -2.01. The Labute approximate surface area is 116 Å². The summed E-state index contributed by atoms with van der Waals surface area (Å²) < 4.78 is 26.5. The van der Waals surface area contributed by atoms with Crippen molar-refractivity contribution in [2.45, 2.75) is 0 Å². The number of carbonyl (C=O) groups is 2. The molecule has 2 N–H and O–H groups in total. The number of hydrogen-bond donors (Lipinski definition) is 2. The van der Waals surface area contributed by atoms with Crippen molar-refractivity contribution in [3.63, 3.8) is 0 Å². The van der Waals surface area contributed by atoms with Gasteiger partial charge in [-0.1, -0.05) is 0 Å². The zero-order valence-corrected chi connectivity index (χ0v) is 11.3. The molecule has 0 saturated carbocycles. The maximum atomic E-state index is 13.4. The Morgan fingerprint density at radius 3 is 2.79 bits per heavy atom. The van der Waals surface area contributed by atoms with Crippen LogP contribution in [0.2, 0.25) is 0 Å². The molecule has 1 aromatic rings. The van der Waals surface area contributed by atoms with Gasteiger partial charge in [-0.2, -0.15) is 0 Å². The van der Waals surface area contributed by atoms with E-state index in [1.807, 2.05) is 0 Å². The first-order valence-corrected chi connectivity index (χ1v) is 6.25. The zero-order valence-electron chi connectivity index (χ0n) is 9.67. The molecule has 1 heterocycles. The van der Waals surface area contributed by atoms with E-state index in [9.17, 15) is 18.4 Å². The molecule has 3 amide bonds. The van der Waals surface area contributed by atoms with Crippen LogP contribution in [0.1, 0.15) is 0 Å². The molecule has 2 rings (SSSR count). The highest BCUT2D eigenvalue weighted by atomic mass is 79.9. The van der Waals surface area contributed by atoms with Crippen molar-refractivity contribution in [2.75, 3.05) is 25.0 Å². The molecule has 0 radical (unpaired) electrons. The number of rotatable bonds is 3. The van der Waals surface area contributed by atoms with Gasteiger partial charge in [-0.05, 0) is 22.0 Å². The fraction of sp³-hybridized carbons (Fsp3) is 0.273. The Morgan fingerprint density at radius 2 is 2.16 bits per heavy atom. The lowest BCUT2D eigenvalue weighted by molar-refractivity contribution is -0.125. The maximum Gasteiger partial charge on any atom is 0.324 e. The van der Waals surface area contributed by atoms with Gasteiger partial charge in [-0.3, -0.25) is 9.69 Å². The van der Waals surface area contributed by atoms with Crippen LogP contribution in [0.3, 0.4) is 0 Å². The van der Waals surface area contributed by atoms with Gasteiger partial charge in [0.25, 0.3) is 0 Å². The summed E-state index contributed by atoms with van der Waals surface area (Å²) in [6.07, 6.45) is 0. The van der Waals surface area contributed by atoms with E-state index in [1.165, 1.54) is 6.07 Å². The first-order valence-electron chi connectivity index (χ1n) is 5.45. The number of hydrogen-bond acceptors (Lipinski definition) is 3. The number of amides is 3. The summed E-state index contributed by atoms with van der Waals surface area (Å²) in [6.45, 7) is 0.443. The van der Waals surface area contributed by atoms with Crippen molar-refractivity contribution in [2.24, 2.45) is 0 Å².